The summed E-state index contributed by atoms with van der Waals surface area (Å²) in [5.74, 6) is 0.960. The molecular weight excluding hydrogens is 306 g/mol. The Morgan fingerprint density at radius 1 is 1.65 bits per heavy atom. The standard InChI is InChI=1S/C10H10BrN3O2S/c11-7-2-1-6-10(13-7)14(4-3-8(12)17)9(15)5-16-6/h1-2H,3-5H2,(H2,12,17). The minimum absolute atomic E-state index is 0.0215. The summed E-state index contributed by atoms with van der Waals surface area (Å²) in [5, 5.41) is 0. The van der Waals surface area contributed by atoms with Crippen LogP contribution in [0, 0.1) is 0 Å². The van der Waals surface area contributed by atoms with Crippen LogP contribution in [0.1, 0.15) is 6.42 Å². The topological polar surface area (TPSA) is 68.5 Å². The number of hydrogen-bond acceptors (Lipinski definition) is 4. The van der Waals surface area contributed by atoms with Gasteiger partial charge in [0.1, 0.15) is 4.60 Å². The molecule has 90 valence electrons. The average Bonchev–Trinajstić information content (AvgIpc) is 2.27. The highest BCUT2D eigenvalue weighted by Gasteiger charge is 2.26. The molecule has 0 unspecified atom stereocenters. The Morgan fingerprint density at radius 2 is 2.41 bits per heavy atom. The molecule has 0 saturated carbocycles. The number of hydrogen-bond donors (Lipinski definition) is 1. The number of amides is 1. The molecule has 5 nitrogen and oxygen atoms in total. The summed E-state index contributed by atoms with van der Waals surface area (Å²) in [5.41, 5.74) is 5.44. The van der Waals surface area contributed by atoms with E-state index in [1.165, 1.54) is 0 Å². The lowest BCUT2D eigenvalue weighted by Gasteiger charge is -2.28. The average molecular weight is 316 g/mol. The van der Waals surface area contributed by atoms with Gasteiger partial charge in [-0.25, -0.2) is 4.98 Å². The lowest BCUT2D eigenvalue weighted by molar-refractivity contribution is -0.121. The number of ether oxygens (including phenoxy) is 1. The van der Waals surface area contributed by atoms with Gasteiger partial charge in [-0.15, -0.1) is 0 Å². The quantitative estimate of drug-likeness (QED) is 0.671. The van der Waals surface area contributed by atoms with Gasteiger partial charge in [-0.3, -0.25) is 9.69 Å². The van der Waals surface area contributed by atoms with Crippen molar-refractivity contribution >= 4 is 44.9 Å². The molecule has 0 radical (unpaired) electrons. The maximum atomic E-state index is 11.7. The third-order valence-electron chi connectivity index (χ3n) is 2.30. The number of fused-ring (bicyclic) bond motifs is 1. The van der Waals surface area contributed by atoms with E-state index in [9.17, 15) is 4.79 Å². The van der Waals surface area contributed by atoms with E-state index in [-0.39, 0.29) is 12.5 Å². The van der Waals surface area contributed by atoms with Crippen LogP contribution in [0.5, 0.6) is 5.75 Å². The van der Waals surface area contributed by atoms with Crippen molar-refractivity contribution in [2.24, 2.45) is 5.73 Å². The van der Waals surface area contributed by atoms with Gasteiger partial charge in [0.15, 0.2) is 18.2 Å². The zero-order chi connectivity index (χ0) is 12.4. The van der Waals surface area contributed by atoms with Crippen LogP contribution in [-0.4, -0.2) is 29.0 Å². The number of anilines is 1. The number of halogens is 1. The molecule has 1 aromatic heterocycles. The highest BCUT2D eigenvalue weighted by atomic mass is 79.9. The molecule has 1 amide bonds. The Bertz CT molecular complexity index is 481. The number of nitrogens with zero attached hydrogens (tertiary/aromatic N) is 2. The Labute approximate surface area is 112 Å². The Balaban J connectivity index is 2.28. The van der Waals surface area contributed by atoms with E-state index in [2.05, 4.69) is 20.9 Å². The SMILES string of the molecule is NC(=S)CCN1C(=O)COc2ccc(Br)nc21. The summed E-state index contributed by atoms with van der Waals surface area (Å²) < 4.78 is 5.94. The van der Waals surface area contributed by atoms with E-state index >= 15 is 0 Å². The van der Waals surface area contributed by atoms with E-state index in [1.54, 1.807) is 17.0 Å². The maximum Gasteiger partial charge on any atom is 0.266 e. The fraction of sp³-hybridized carbons (Fsp3) is 0.300. The maximum absolute atomic E-state index is 11.7. The molecule has 17 heavy (non-hydrogen) atoms. The molecule has 0 aromatic carbocycles. The highest BCUT2D eigenvalue weighted by molar-refractivity contribution is 9.10. The van der Waals surface area contributed by atoms with Crippen molar-refractivity contribution < 1.29 is 9.53 Å². The predicted octanol–water partition coefficient (Wildman–Crippen LogP) is 1.25. The van der Waals surface area contributed by atoms with Crippen LogP contribution in [0.4, 0.5) is 5.82 Å². The molecule has 1 aliphatic rings. The van der Waals surface area contributed by atoms with Crippen LogP contribution in [-0.2, 0) is 4.79 Å². The van der Waals surface area contributed by atoms with Crippen LogP contribution in [0.15, 0.2) is 16.7 Å². The van der Waals surface area contributed by atoms with Crippen molar-refractivity contribution in [2.45, 2.75) is 6.42 Å². The second-order valence-electron chi connectivity index (χ2n) is 3.51. The third kappa shape index (κ3) is 2.73. The summed E-state index contributed by atoms with van der Waals surface area (Å²) >= 11 is 8.07. The molecule has 2 N–H and O–H groups in total. The summed E-state index contributed by atoms with van der Waals surface area (Å²) in [6.07, 6.45) is 0.467. The van der Waals surface area contributed by atoms with E-state index in [1.807, 2.05) is 0 Å². The number of carbonyl (C=O) groups excluding carboxylic acids is 1. The first-order valence-electron chi connectivity index (χ1n) is 4.96. The number of aromatic nitrogens is 1. The molecule has 2 heterocycles. The molecule has 7 heteroatoms. The normalized spacial score (nSPS) is 14.2. The number of nitrogens with two attached hydrogens (primary N) is 1. The van der Waals surface area contributed by atoms with Crippen molar-refractivity contribution in [1.82, 2.24) is 4.98 Å². The van der Waals surface area contributed by atoms with Crippen LogP contribution >= 0.6 is 28.1 Å². The molecule has 0 aliphatic carbocycles. The highest BCUT2D eigenvalue weighted by Crippen LogP contribution is 2.31. The zero-order valence-electron chi connectivity index (χ0n) is 8.85. The first-order chi connectivity index (χ1) is 8.08. The van der Waals surface area contributed by atoms with E-state index < -0.39 is 0 Å². The van der Waals surface area contributed by atoms with Crippen molar-refractivity contribution in [1.29, 1.82) is 0 Å². The van der Waals surface area contributed by atoms with Gasteiger partial charge < -0.3 is 10.5 Å². The second kappa shape index (κ2) is 4.97. The van der Waals surface area contributed by atoms with Crippen molar-refractivity contribution in [3.05, 3.63) is 16.7 Å². The molecule has 0 fully saturated rings. The lowest BCUT2D eigenvalue weighted by atomic mass is 10.3. The van der Waals surface area contributed by atoms with Gasteiger partial charge in [-0.05, 0) is 28.1 Å². The van der Waals surface area contributed by atoms with Gasteiger partial charge in [0, 0.05) is 13.0 Å². The molecule has 1 aliphatic heterocycles. The Kier molecular flexibility index (Phi) is 3.58. The van der Waals surface area contributed by atoms with Crippen molar-refractivity contribution in [3.8, 4) is 5.75 Å². The van der Waals surface area contributed by atoms with E-state index in [0.717, 1.165) is 0 Å². The molecule has 0 bridgehead atoms. The minimum atomic E-state index is -0.139. The van der Waals surface area contributed by atoms with Crippen LogP contribution in [0.25, 0.3) is 0 Å². The number of pyridine rings is 1. The predicted molar refractivity (Wildman–Crippen MR) is 71.2 cm³/mol. The largest absolute Gasteiger partial charge is 0.480 e. The molecule has 2 rings (SSSR count). The number of carbonyl (C=O) groups is 1. The van der Waals surface area contributed by atoms with Gasteiger partial charge in [0.2, 0.25) is 0 Å². The first-order valence-corrected chi connectivity index (χ1v) is 6.16. The molecular formula is C10H10BrN3O2S. The Hall–Kier alpha value is -1.21. The fourth-order valence-electron chi connectivity index (χ4n) is 1.51. The van der Waals surface area contributed by atoms with Crippen molar-refractivity contribution in [3.63, 3.8) is 0 Å². The number of rotatable bonds is 3. The smallest absolute Gasteiger partial charge is 0.266 e. The van der Waals surface area contributed by atoms with Gasteiger partial charge in [-0.1, -0.05) is 12.2 Å². The van der Waals surface area contributed by atoms with Gasteiger partial charge in [0.05, 0.1) is 4.99 Å². The monoisotopic (exact) mass is 315 g/mol. The fourth-order valence-corrected chi connectivity index (χ4v) is 1.90. The second-order valence-corrected chi connectivity index (χ2v) is 4.84. The summed E-state index contributed by atoms with van der Waals surface area (Å²) in [7, 11) is 0. The first kappa shape index (κ1) is 12.3. The third-order valence-corrected chi connectivity index (χ3v) is 2.94. The summed E-state index contributed by atoms with van der Waals surface area (Å²) in [6.45, 7) is 0.446. The van der Waals surface area contributed by atoms with E-state index in [4.69, 9.17) is 22.7 Å². The molecule has 0 saturated heterocycles. The summed E-state index contributed by atoms with van der Waals surface area (Å²) in [4.78, 5) is 17.9. The minimum Gasteiger partial charge on any atom is -0.480 e. The summed E-state index contributed by atoms with van der Waals surface area (Å²) in [6, 6.07) is 3.53. The Morgan fingerprint density at radius 3 is 3.12 bits per heavy atom. The van der Waals surface area contributed by atoms with Crippen LogP contribution < -0.4 is 15.4 Å². The van der Waals surface area contributed by atoms with Crippen LogP contribution in [0.3, 0.4) is 0 Å². The lowest BCUT2D eigenvalue weighted by Crippen LogP contribution is -2.41. The molecule has 0 spiro atoms. The molecule has 1 aromatic rings. The zero-order valence-corrected chi connectivity index (χ0v) is 11.3. The van der Waals surface area contributed by atoms with Gasteiger partial charge >= 0.3 is 0 Å². The molecule has 0 atom stereocenters. The van der Waals surface area contributed by atoms with Gasteiger partial charge in [-0.2, -0.15) is 0 Å². The van der Waals surface area contributed by atoms with Crippen LogP contribution in [0.2, 0.25) is 0 Å². The van der Waals surface area contributed by atoms with Crippen molar-refractivity contribution in [2.75, 3.05) is 18.1 Å². The van der Waals surface area contributed by atoms with E-state index in [0.29, 0.717) is 34.1 Å². The van der Waals surface area contributed by atoms with Gasteiger partial charge in [0.25, 0.3) is 5.91 Å². The number of thiocarbonyl (C=S) groups is 1.